The molecule has 5 heteroatoms. The van der Waals surface area contributed by atoms with Gasteiger partial charge in [0.25, 0.3) is 0 Å². The summed E-state index contributed by atoms with van der Waals surface area (Å²) in [5.41, 5.74) is 1.05. The van der Waals surface area contributed by atoms with Crippen LogP contribution in [0.15, 0.2) is 35.1 Å². The number of aromatic nitrogens is 1. The molecular weight excluding hydrogens is 244 g/mol. The zero-order valence-corrected chi connectivity index (χ0v) is 11.0. The van der Waals surface area contributed by atoms with E-state index in [0.29, 0.717) is 6.54 Å². The van der Waals surface area contributed by atoms with Crippen molar-refractivity contribution in [2.24, 2.45) is 0 Å². The lowest BCUT2D eigenvalue weighted by Crippen LogP contribution is -2.24. The third-order valence-electron chi connectivity index (χ3n) is 2.91. The topological polar surface area (TPSA) is 66.6 Å². The predicted octanol–water partition coefficient (Wildman–Crippen LogP) is 2.71. The number of pyridine rings is 1. The van der Waals surface area contributed by atoms with Gasteiger partial charge in [0.2, 0.25) is 0 Å². The lowest BCUT2D eigenvalue weighted by atomic mass is 10.2. The van der Waals surface area contributed by atoms with Crippen LogP contribution < -0.4 is 4.90 Å². The minimum absolute atomic E-state index is 0.204. The van der Waals surface area contributed by atoms with Crippen LogP contribution in [0.4, 0.5) is 5.82 Å². The Labute approximate surface area is 111 Å². The Morgan fingerprint density at radius 1 is 1.53 bits per heavy atom. The molecule has 0 aliphatic carbocycles. The molecule has 100 valence electrons. The van der Waals surface area contributed by atoms with Crippen LogP contribution in [0.2, 0.25) is 0 Å². The number of nitrogens with zero attached hydrogens (tertiary/aromatic N) is 2. The highest BCUT2D eigenvalue weighted by Gasteiger charge is 2.13. The lowest BCUT2D eigenvalue weighted by Gasteiger charge is -2.22. The van der Waals surface area contributed by atoms with E-state index in [-0.39, 0.29) is 5.56 Å². The van der Waals surface area contributed by atoms with Gasteiger partial charge in [-0.25, -0.2) is 9.78 Å². The van der Waals surface area contributed by atoms with Crippen LogP contribution in [-0.4, -0.2) is 22.6 Å². The number of carboxylic acids is 1. The number of hydrogen-bond donors (Lipinski definition) is 1. The quantitative estimate of drug-likeness (QED) is 0.895. The SMILES string of the molecule is CCN(Cc1ccco1)c1ncc(C(=O)O)cc1C. The second-order valence-electron chi connectivity index (χ2n) is 4.26. The van der Waals surface area contributed by atoms with Crippen LogP contribution in [-0.2, 0) is 6.54 Å². The van der Waals surface area contributed by atoms with E-state index >= 15 is 0 Å². The summed E-state index contributed by atoms with van der Waals surface area (Å²) in [6, 6.07) is 5.38. The number of rotatable bonds is 5. The van der Waals surface area contributed by atoms with Crippen molar-refractivity contribution in [3.8, 4) is 0 Å². The van der Waals surface area contributed by atoms with Gasteiger partial charge in [0.05, 0.1) is 18.4 Å². The Hall–Kier alpha value is -2.30. The van der Waals surface area contributed by atoms with Gasteiger partial charge in [-0.05, 0) is 37.6 Å². The Morgan fingerprint density at radius 3 is 2.84 bits per heavy atom. The van der Waals surface area contributed by atoms with Crippen molar-refractivity contribution < 1.29 is 14.3 Å². The molecule has 1 N–H and O–H groups in total. The molecule has 5 nitrogen and oxygen atoms in total. The van der Waals surface area contributed by atoms with E-state index in [1.165, 1.54) is 6.20 Å². The summed E-state index contributed by atoms with van der Waals surface area (Å²) in [7, 11) is 0. The Balaban J connectivity index is 2.25. The molecule has 19 heavy (non-hydrogen) atoms. The fourth-order valence-electron chi connectivity index (χ4n) is 1.94. The van der Waals surface area contributed by atoms with Gasteiger partial charge in [-0.15, -0.1) is 0 Å². The second-order valence-corrected chi connectivity index (χ2v) is 4.26. The van der Waals surface area contributed by atoms with E-state index in [1.54, 1.807) is 12.3 Å². The van der Waals surface area contributed by atoms with Crippen LogP contribution in [0, 0.1) is 6.92 Å². The molecule has 0 saturated carbocycles. The van der Waals surface area contributed by atoms with Gasteiger partial charge in [0.1, 0.15) is 11.6 Å². The fraction of sp³-hybridized carbons (Fsp3) is 0.286. The first-order valence-electron chi connectivity index (χ1n) is 6.09. The molecule has 0 fully saturated rings. The summed E-state index contributed by atoms with van der Waals surface area (Å²) in [6.45, 7) is 5.26. The third kappa shape index (κ3) is 2.93. The van der Waals surface area contributed by atoms with Gasteiger partial charge >= 0.3 is 5.97 Å². The van der Waals surface area contributed by atoms with Crippen LogP contribution in [0.1, 0.15) is 28.6 Å². The largest absolute Gasteiger partial charge is 0.478 e. The van der Waals surface area contributed by atoms with Crippen LogP contribution in [0.25, 0.3) is 0 Å². The normalized spacial score (nSPS) is 10.4. The first-order chi connectivity index (χ1) is 9.11. The first kappa shape index (κ1) is 13.1. The summed E-state index contributed by atoms with van der Waals surface area (Å²) < 4.78 is 5.33. The second kappa shape index (κ2) is 5.56. The molecule has 0 saturated heterocycles. The Bertz CT molecular complexity index is 564. The molecule has 2 rings (SSSR count). The van der Waals surface area contributed by atoms with Gasteiger partial charge in [-0.1, -0.05) is 0 Å². The molecule has 2 aromatic heterocycles. The molecule has 2 heterocycles. The average molecular weight is 260 g/mol. The van der Waals surface area contributed by atoms with Crippen LogP contribution in [0.5, 0.6) is 0 Å². The van der Waals surface area contributed by atoms with Crippen LogP contribution >= 0.6 is 0 Å². The van der Waals surface area contributed by atoms with E-state index in [0.717, 1.165) is 23.7 Å². The summed E-state index contributed by atoms with van der Waals surface area (Å²) in [4.78, 5) is 17.2. The van der Waals surface area contributed by atoms with Crippen molar-refractivity contribution in [1.82, 2.24) is 4.98 Å². The number of aryl methyl sites for hydroxylation is 1. The third-order valence-corrected chi connectivity index (χ3v) is 2.91. The van der Waals surface area contributed by atoms with E-state index in [2.05, 4.69) is 4.98 Å². The maximum Gasteiger partial charge on any atom is 0.337 e. The Kier molecular flexibility index (Phi) is 3.85. The maximum atomic E-state index is 10.9. The summed E-state index contributed by atoms with van der Waals surface area (Å²) in [5.74, 6) is 0.672. The number of anilines is 1. The molecule has 0 spiro atoms. The van der Waals surface area contributed by atoms with E-state index in [1.807, 2.05) is 30.9 Å². The van der Waals surface area contributed by atoms with Crippen LogP contribution in [0.3, 0.4) is 0 Å². The van der Waals surface area contributed by atoms with Crippen molar-refractivity contribution >= 4 is 11.8 Å². The van der Waals surface area contributed by atoms with E-state index in [4.69, 9.17) is 9.52 Å². The van der Waals surface area contributed by atoms with E-state index in [9.17, 15) is 4.79 Å². The minimum atomic E-state index is -0.962. The van der Waals surface area contributed by atoms with Gasteiger partial charge in [-0.2, -0.15) is 0 Å². The highest BCUT2D eigenvalue weighted by molar-refractivity contribution is 5.87. The number of carbonyl (C=O) groups is 1. The highest BCUT2D eigenvalue weighted by atomic mass is 16.4. The van der Waals surface area contributed by atoms with Crippen molar-refractivity contribution in [3.63, 3.8) is 0 Å². The molecule has 0 aliphatic rings. The number of hydrogen-bond acceptors (Lipinski definition) is 4. The van der Waals surface area contributed by atoms with Crippen molar-refractivity contribution in [1.29, 1.82) is 0 Å². The van der Waals surface area contributed by atoms with Gasteiger partial charge in [0, 0.05) is 12.7 Å². The molecule has 2 aromatic rings. The highest BCUT2D eigenvalue weighted by Crippen LogP contribution is 2.20. The average Bonchev–Trinajstić information content (AvgIpc) is 2.89. The van der Waals surface area contributed by atoms with E-state index < -0.39 is 5.97 Å². The zero-order chi connectivity index (χ0) is 13.8. The molecule has 0 atom stereocenters. The molecule has 0 radical (unpaired) electrons. The first-order valence-corrected chi connectivity index (χ1v) is 6.09. The maximum absolute atomic E-state index is 10.9. The molecule has 0 unspecified atom stereocenters. The van der Waals surface area contributed by atoms with Crippen molar-refractivity contribution in [2.75, 3.05) is 11.4 Å². The summed E-state index contributed by atoms with van der Waals surface area (Å²) >= 11 is 0. The van der Waals surface area contributed by atoms with Crippen molar-refractivity contribution in [2.45, 2.75) is 20.4 Å². The van der Waals surface area contributed by atoms with Crippen molar-refractivity contribution in [3.05, 3.63) is 47.5 Å². The molecular formula is C14H16N2O3. The Morgan fingerprint density at radius 2 is 2.32 bits per heavy atom. The van der Waals surface area contributed by atoms with Gasteiger partial charge < -0.3 is 14.4 Å². The molecule has 0 amide bonds. The zero-order valence-electron chi connectivity index (χ0n) is 11.0. The molecule has 0 aromatic carbocycles. The number of aromatic carboxylic acids is 1. The summed E-state index contributed by atoms with van der Waals surface area (Å²) in [6.07, 6.45) is 3.02. The number of carboxylic acid groups (broad SMARTS) is 1. The standard InChI is InChI=1S/C14H16N2O3/c1-3-16(9-12-5-4-6-19-12)13-10(2)7-11(8-15-13)14(17)18/h4-8H,3,9H2,1-2H3,(H,17,18). The summed E-state index contributed by atoms with van der Waals surface area (Å²) in [5, 5.41) is 8.93. The fourth-order valence-corrected chi connectivity index (χ4v) is 1.94. The monoisotopic (exact) mass is 260 g/mol. The predicted molar refractivity (Wildman–Crippen MR) is 71.4 cm³/mol. The minimum Gasteiger partial charge on any atom is -0.478 e. The molecule has 0 bridgehead atoms. The van der Waals surface area contributed by atoms with Gasteiger partial charge in [-0.3, -0.25) is 0 Å². The number of furan rings is 1. The lowest BCUT2D eigenvalue weighted by molar-refractivity contribution is 0.0696. The molecule has 0 aliphatic heterocycles. The van der Waals surface area contributed by atoms with Gasteiger partial charge in [0.15, 0.2) is 0 Å². The smallest absolute Gasteiger partial charge is 0.337 e.